The molecule has 66 valence electrons. The maximum absolute atomic E-state index is 11.0. The molecule has 12 heavy (non-hydrogen) atoms. The van der Waals surface area contributed by atoms with Crippen molar-refractivity contribution in [2.75, 3.05) is 12.5 Å². The Balaban J connectivity index is 3.04. The Labute approximate surface area is 69.3 Å². The molecule has 0 aliphatic carbocycles. The van der Waals surface area contributed by atoms with Crippen LogP contribution in [-0.2, 0) is 11.8 Å². The van der Waals surface area contributed by atoms with Gasteiger partial charge in [0, 0.05) is 13.2 Å². The molecule has 6 nitrogen and oxygen atoms in total. The average molecular weight is 170 g/mol. The minimum absolute atomic E-state index is 0.183. The molecule has 6 heteroatoms. The van der Waals surface area contributed by atoms with Crippen LogP contribution in [0.25, 0.3) is 0 Å². The average Bonchev–Trinajstić information content (AvgIpc) is 2.45. The van der Waals surface area contributed by atoms with Crippen molar-refractivity contribution in [2.45, 2.75) is 0 Å². The summed E-state index contributed by atoms with van der Waals surface area (Å²) in [7, 11) is 2.98. The van der Waals surface area contributed by atoms with Crippen LogP contribution in [0.4, 0.5) is 5.69 Å². The number of aryl methyl sites for hydroxylation is 1. The summed E-state index contributed by atoms with van der Waals surface area (Å²) < 4.78 is 5.96. The summed E-state index contributed by atoms with van der Waals surface area (Å²) in [5.41, 5.74) is 2.98. The molecular formula is C6H10N4O2. The van der Waals surface area contributed by atoms with Gasteiger partial charge in [-0.3, -0.25) is 10.5 Å². The molecule has 0 fully saturated rings. The molecule has 0 unspecified atom stereocenters. The van der Waals surface area contributed by atoms with E-state index in [9.17, 15) is 4.79 Å². The summed E-state index contributed by atoms with van der Waals surface area (Å²) in [5.74, 6) is 4.63. The van der Waals surface area contributed by atoms with Gasteiger partial charge in [-0.1, -0.05) is 0 Å². The lowest BCUT2D eigenvalue weighted by atomic mass is 10.4. The van der Waals surface area contributed by atoms with Gasteiger partial charge in [-0.25, -0.2) is 4.79 Å². The van der Waals surface area contributed by atoms with Crippen molar-refractivity contribution in [3.63, 3.8) is 0 Å². The summed E-state index contributed by atoms with van der Waals surface area (Å²) in [4.78, 5) is 11.0. The maximum Gasteiger partial charge on any atom is 0.360 e. The number of hydrogen-bond acceptors (Lipinski definition) is 5. The SMILES string of the molecule is COC(=O)c1nn(C)cc1NN. The predicted octanol–water partition coefficient (Wildman–Crippen LogP) is -0.508. The molecule has 0 radical (unpaired) electrons. The lowest BCUT2D eigenvalue weighted by Gasteiger charge is -1.97. The van der Waals surface area contributed by atoms with Crippen molar-refractivity contribution in [1.82, 2.24) is 9.78 Å². The first-order valence-electron chi connectivity index (χ1n) is 3.27. The number of rotatable bonds is 2. The Morgan fingerprint density at radius 3 is 3.00 bits per heavy atom. The Hall–Kier alpha value is -1.56. The zero-order valence-corrected chi connectivity index (χ0v) is 6.87. The van der Waals surface area contributed by atoms with Crippen molar-refractivity contribution in [1.29, 1.82) is 0 Å². The second-order valence-electron chi connectivity index (χ2n) is 2.20. The fourth-order valence-corrected chi connectivity index (χ4v) is 0.842. The highest BCUT2D eigenvalue weighted by Gasteiger charge is 2.15. The van der Waals surface area contributed by atoms with E-state index >= 15 is 0 Å². The van der Waals surface area contributed by atoms with Gasteiger partial charge in [0.2, 0.25) is 0 Å². The third-order valence-corrected chi connectivity index (χ3v) is 1.36. The Morgan fingerprint density at radius 1 is 1.83 bits per heavy atom. The largest absolute Gasteiger partial charge is 0.464 e. The minimum Gasteiger partial charge on any atom is -0.464 e. The van der Waals surface area contributed by atoms with Gasteiger partial charge in [0.1, 0.15) is 5.69 Å². The molecule has 0 aliphatic heterocycles. The number of aromatic nitrogens is 2. The van der Waals surface area contributed by atoms with Crippen LogP contribution in [-0.4, -0.2) is 22.9 Å². The Kier molecular flexibility index (Phi) is 2.29. The van der Waals surface area contributed by atoms with Crippen LogP contribution in [0.1, 0.15) is 10.5 Å². The number of nitrogens with zero attached hydrogens (tertiary/aromatic N) is 2. The topological polar surface area (TPSA) is 82.2 Å². The van der Waals surface area contributed by atoms with Crippen LogP contribution in [0.5, 0.6) is 0 Å². The van der Waals surface area contributed by atoms with Gasteiger partial charge >= 0.3 is 5.97 Å². The molecule has 3 N–H and O–H groups in total. The first-order valence-corrected chi connectivity index (χ1v) is 3.27. The van der Waals surface area contributed by atoms with Gasteiger partial charge in [-0.15, -0.1) is 0 Å². The summed E-state index contributed by atoms with van der Waals surface area (Å²) >= 11 is 0. The standard InChI is InChI=1S/C6H10N4O2/c1-10-3-4(8-7)5(9-10)6(11)12-2/h3,8H,7H2,1-2H3. The van der Waals surface area contributed by atoms with Gasteiger partial charge in [-0.2, -0.15) is 5.10 Å². The zero-order chi connectivity index (χ0) is 9.14. The second-order valence-corrected chi connectivity index (χ2v) is 2.20. The van der Waals surface area contributed by atoms with Gasteiger partial charge in [0.05, 0.1) is 7.11 Å². The molecule has 0 spiro atoms. The lowest BCUT2D eigenvalue weighted by Crippen LogP contribution is -2.11. The number of hydrazine groups is 1. The molecule has 0 amide bonds. The highest BCUT2D eigenvalue weighted by molar-refractivity contribution is 5.93. The molecule has 1 heterocycles. The van der Waals surface area contributed by atoms with Crippen molar-refractivity contribution in [2.24, 2.45) is 12.9 Å². The number of methoxy groups -OCH3 is 1. The fourth-order valence-electron chi connectivity index (χ4n) is 0.842. The normalized spacial score (nSPS) is 9.58. The highest BCUT2D eigenvalue weighted by atomic mass is 16.5. The van der Waals surface area contributed by atoms with Crippen LogP contribution in [0, 0.1) is 0 Å². The number of carbonyl (C=O) groups excluding carboxylic acids is 1. The van der Waals surface area contributed by atoms with Gasteiger partial charge in [0.15, 0.2) is 5.69 Å². The fraction of sp³-hybridized carbons (Fsp3) is 0.333. The van der Waals surface area contributed by atoms with E-state index in [-0.39, 0.29) is 5.69 Å². The number of hydrogen-bond donors (Lipinski definition) is 2. The molecule has 1 aromatic heterocycles. The van der Waals surface area contributed by atoms with Gasteiger partial charge in [0.25, 0.3) is 0 Å². The molecule has 1 rings (SSSR count). The monoisotopic (exact) mass is 170 g/mol. The predicted molar refractivity (Wildman–Crippen MR) is 42.4 cm³/mol. The molecular weight excluding hydrogens is 160 g/mol. The van der Waals surface area contributed by atoms with E-state index in [1.807, 2.05) is 0 Å². The van der Waals surface area contributed by atoms with E-state index < -0.39 is 5.97 Å². The van der Waals surface area contributed by atoms with Crippen molar-refractivity contribution >= 4 is 11.7 Å². The molecule has 0 aliphatic rings. The Morgan fingerprint density at radius 2 is 2.50 bits per heavy atom. The van der Waals surface area contributed by atoms with Crippen molar-refractivity contribution in [3.8, 4) is 0 Å². The third-order valence-electron chi connectivity index (χ3n) is 1.36. The van der Waals surface area contributed by atoms with Gasteiger partial charge < -0.3 is 10.2 Å². The quantitative estimate of drug-likeness (QED) is 0.355. The zero-order valence-electron chi connectivity index (χ0n) is 6.87. The molecule has 0 saturated heterocycles. The van der Waals surface area contributed by atoms with E-state index in [1.165, 1.54) is 11.8 Å². The van der Waals surface area contributed by atoms with Crippen LogP contribution in [0.3, 0.4) is 0 Å². The van der Waals surface area contributed by atoms with Crippen LogP contribution >= 0.6 is 0 Å². The third kappa shape index (κ3) is 1.37. The number of nitrogens with one attached hydrogen (secondary N) is 1. The minimum atomic E-state index is -0.511. The van der Waals surface area contributed by atoms with Crippen LogP contribution < -0.4 is 11.3 Å². The highest BCUT2D eigenvalue weighted by Crippen LogP contribution is 2.11. The van der Waals surface area contributed by atoms with Crippen LogP contribution in [0.15, 0.2) is 6.20 Å². The first kappa shape index (κ1) is 8.54. The smallest absolute Gasteiger partial charge is 0.360 e. The van der Waals surface area contributed by atoms with E-state index in [4.69, 9.17) is 5.84 Å². The molecule has 0 saturated carbocycles. The maximum atomic E-state index is 11.0. The number of nitrogens with two attached hydrogens (primary N) is 1. The number of carbonyl (C=O) groups is 1. The van der Waals surface area contributed by atoms with E-state index in [2.05, 4.69) is 15.3 Å². The second kappa shape index (κ2) is 3.22. The lowest BCUT2D eigenvalue weighted by molar-refractivity contribution is 0.0594. The summed E-state index contributed by atoms with van der Waals surface area (Å²) in [6.45, 7) is 0. The summed E-state index contributed by atoms with van der Waals surface area (Å²) in [6, 6.07) is 0. The summed E-state index contributed by atoms with van der Waals surface area (Å²) in [6.07, 6.45) is 1.59. The number of nitrogen functional groups attached to an aromatic ring is 1. The number of ether oxygens (including phenoxy) is 1. The van der Waals surface area contributed by atoms with Crippen LogP contribution in [0.2, 0.25) is 0 Å². The molecule has 1 aromatic rings. The molecule has 0 atom stereocenters. The van der Waals surface area contributed by atoms with Gasteiger partial charge in [-0.05, 0) is 0 Å². The van der Waals surface area contributed by atoms with Crippen molar-refractivity contribution in [3.05, 3.63) is 11.9 Å². The number of esters is 1. The summed E-state index contributed by atoms with van der Waals surface area (Å²) in [5, 5.41) is 3.85. The van der Waals surface area contributed by atoms with E-state index in [1.54, 1.807) is 13.2 Å². The van der Waals surface area contributed by atoms with Crippen molar-refractivity contribution < 1.29 is 9.53 Å². The van der Waals surface area contributed by atoms with E-state index in [0.29, 0.717) is 5.69 Å². The van der Waals surface area contributed by atoms with E-state index in [0.717, 1.165) is 0 Å². The Bertz CT molecular complexity index is 294. The number of anilines is 1. The molecule has 0 bridgehead atoms. The molecule has 0 aromatic carbocycles. The first-order chi connectivity index (χ1) is 5.69.